The lowest BCUT2D eigenvalue weighted by atomic mass is 10.2. The molecule has 0 atom stereocenters. The van der Waals surface area contributed by atoms with E-state index in [4.69, 9.17) is 5.73 Å². The van der Waals surface area contributed by atoms with Crippen molar-refractivity contribution < 1.29 is 9.59 Å². The second kappa shape index (κ2) is 7.07. The molecule has 96 valence electrons. The molecular weight excluding hydrogens is 318 g/mol. The fourth-order valence-corrected chi connectivity index (χ4v) is 1.64. The average Bonchev–Trinajstić information content (AvgIpc) is 2.34. The van der Waals surface area contributed by atoms with Crippen molar-refractivity contribution in [1.29, 1.82) is 0 Å². The largest absolute Gasteiger partial charge is 0.392 e. The van der Waals surface area contributed by atoms with Gasteiger partial charge in [0.05, 0.1) is 11.5 Å². The predicted octanol–water partition coefficient (Wildman–Crippen LogP) is 0.468. The van der Waals surface area contributed by atoms with Gasteiger partial charge < -0.3 is 16.4 Å². The summed E-state index contributed by atoms with van der Waals surface area (Å²) >= 11 is 7.93. The smallest absolute Gasteiger partial charge is 0.309 e. The van der Waals surface area contributed by atoms with E-state index >= 15 is 0 Å². The Hall–Kier alpha value is -1.47. The molecule has 0 bridgehead atoms. The van der Waals surface area contributed by atoms with E-state index in [1.54, 1.807) is 0 Å². The third kappa shape index (κ3) is 4.80. The van der Waals surface area contributed by atoms with Crippen LogP contribution in [0.3, 0.4) is 0 Å². The molecule has 2 amide bonds. The Morgan fingerprint density at radius 1 is 1.22 bits per heavy atom. The summed E-state index contributed by atoms with van der Waals surface area (Å²) in [5.41, 5.74) is 6.09. The van der Waals surface area contributed by atoms with Crippen LogP contribution in [0.15, 0.2) is 28.7 Å². The molecule has 4 N–H and O–H groups in total. The van der Waals surface area contributed by atoms with Gasteiger partial charge in [0.15, 0.2) is 0 Å². The lowest BCUT2D eigenvalue weighted by molar-refractivity contribution is -0.139. The number of benzene rings is 1. The molecule has 0 unspecified atom stereocenters. The summed E-state index contributed by atoms with van der Waals surface area (Å²) in [4.78, 5) is 22.8. The number of halogens is 1. The molecule has 0 aliphatic heterocycles. The minimum atomic E-state index is -0.755. The van der Waals surface area contributed by atoms with Crippen LogP contribution < -0.4 is 16.4 Å². The number of thiocarbonyl (C=S) groups is 1. The molecule has 0 aliphatic carbocycles. The number of carbonyl (C=O) groups excluding carboxylic acids is 2. The fraction of sp³-hybridized carbons (Fsp3) is 0.182. The highest BCUT2D eigenvalue weighted by atomic mass is 79.9. The molecule has 0 saturated carbocycles. The van der Waals surface area contributed by atoms with Gasteiger partial charge in [-0.05, 0) is 11.6 Å². The molecule has 0 heterocycles. The number of rotatable bonds is 4. The molecule has 0 radical (unpaired) electrons. The monoisotopic (exact) mass is 329 g/mol. The standard InChI is InChI=1S/C11H12BrN3O2S/c12-8-4-2-1-3-7(8)5-14-10(16)11(17)15-6-9(13)18/h1-4H,5-6H2,(H2,13,18)(H,14,16)(H,15,17). The molecule has 7 heteroatoms. The second-order valence-corrected chi connectivity index (χ2v) is 4.80. The van der Waals surface area contributed by atoms with E-state index in [1.165, 1.54) is 0 Å². The third-order valence-corrected chi connectivity index (χ3v) is 2.94. The highest BCUT2D eigenvalue weighted by Gasteiger charge is 2.12. The Bertz CT molecular complexity index is 479. The zero-order valence-corrected chi connectivity index (χ0v) is 11.8. The van der Waals surface area contributed by atoms with Crippen molar-refractivity contribution in [3.63, 3.8) is 0 Å². The molecule has 0 fully saturated rings. The first-order valence-corrected chi connectivity index (χ1v) is 6.28. The Balaban J connectivity index is 2.44. The minimum absolute atomic E-state index is 0.0105. The molecule has 5 nitrogen and oxygen atoms in total. The van der Waals surface area contributed by atoms with Crippen molar-refractivity contribution in [2.24, 2.45) is 5.73 Å². The molecule has 18 heavy (non-hydrogen) atoms. The summed E-state index contributed by atoms with van der Waals surface area (Å²) in [6.07, 6.45) is 0. The van der Waals surface area contributed by atoms with Gasteiger partial charge in [-0.2, -0.15) is 0 Å². The van der Waals surface area contributed by atoms with Gasteiger partial charge in [-0.3, -0.25) is 9.59 Å². The predicted molar refractivity (Wildman–Crippen MR) is 75.8 cm³/mol. The highest BCUT2D eigenvalue weighted by Crippen LogP contribution is 2.15. The summed E-state index contributed by atoms with van der Waals surface area (Å²) in [5, 5.41) is 4.80. The van der Waals surface area contributed by atoms with Crippen molar-refractivity contribution in [3.8, 4) is 0 Å². The number of hydrogen-bond donors (Lipinski definition) is 3. The summed E-state index contributed by atoms with van der Waals surface area (Å²) in [7, 11) is 0. The Morgan fingerprint density at radius 3 is 2.44 bits per heavy atom. The molecule has 0 saturated heterocycles. The first kappa shape index (κ1) is 14.6. The van der Waals surface area contributed by atoms with Crippen molar-refractivity contribution in [2.45, 2.75) is 6.54 Å². The minimum Gasteiger partial charge on any atom is -0.392 e. The average molecular weight is 330 g/mol. The van der Waals surface area contributed by atoms with E-state index in [1.807, 2.05) is 24.3 Å². The van der Waals surface area contributed by atoms with Crippen LogP contribution in [0.1, 0.15) is 5.56 Å². The summed E-state index contributed by atoms with van der Waals surface area (Å²) in [6, 6.07) is 7.41. The Kier molecular flexibility index (Phi) is 5.73. The van der Waals surface area contributed by atoms with Gasteiger partial charge in [0.2, 0.25) is 0 Å². The maximum absolute atomic E-state index is 11.4. The third-order valence-electron chi connectivity index (χ3n) is 2.03. The lowest BCUT2D eigenvalue weighted by Crippen LogP contribution is -2.42. The fourth-order valence-electron chi connectivity index (χ4n) is 1.15. The van der Waals surface area contributed by atoms with E-state index in [9.17, 15) is 9.59 Å². The summed E-state index contributed by atoms with van der Waals surface area (Å²) in [6.45, 7) is 0.275. The van der Waals surface area contributed by atoms with Gasteiger partial charge in [0, 0.05) is 11.0 Å². The van der Waals surface area contributed by atoms with Crippen molar-refractivity contribution >= 4 is 45.0 Å². The van der Waals surface area contributed by atoms with Crippen LogP contribution in [0.4, 0.5) is 0 Å². The number of hydrogen-bond acceptors (Lipinski definition) is 3. The molecule has 0 spiro atoms. The van der Waals surface area contributed by atoms with Gasteiger partial charge >= 0.3 is 11.8 Å². The van der Waals surface area contributed by atoms with Crippen molar-refractivity contribution in [2.75, 3.05) is 6.54 Å². The maximum atomic E-state index is 11.4. The number of amides is 2. The van der Waals surface area contributed by atoms with E-state index in [-0.39, 0.29) is 18.1 Å². The van der Waals surface area contributed by atoms with Crippen molar-refractivity contribution in [3.05, 3.63) is 34.3 Å². The van der Waals surface area contributed by atoms with Crippen LogP contribution in [-0.4, -0.2) is 23.3 Å². The lowest BCUT2D eigenvalue weighted by Gasteiger charge is -2.07. The van der Waals surface area contributed by atoms with Crippen LogP contribution in [-0.2, 0) is 16.1 Å². The van der Waals surface area contributed by atoms with E-state index < -0.39 is 11.8 Å². The maximum Gasteiger partial charge on any atom is 0.309 e. The Labute approximate surface area is 118 Å². The summed E-state index contributed by atoms with van der Waals surface area (Å²) < 4.78 is 0.869. The molecule has 0 aromatic heterocycles. The zero-order chi connectivity index (χ0) is 13.5. The molecule has 1 rings (SSSR count). The second-order valence-electron chi connectivity index (χ2n) is 3.42. The van der Waals surface area contributed by atoms with Crippen LogP contribution in [0, 0.1) is 0 Å². The van der Waals surface area contributed by atoms with E-state index in [2.05, 4.69) is 38.8 Å². The van der Waals surface area contributed by atoms with Gasteiger partial charge in [-0.15, -0.1) is 0 Å². The quantitative estimate of drug-likeness (QED) is 0.553. The van der Waals surface area contributed by atoms with Gasteiger partial charge in [-0.25, -0.2) is 0 Å². The van der Waals surface area contributed by atoms with E-state index in [0.717, 1.165) is 10.0 Å². The first-order chi connectivity index (χ1) is 8.50. The van der Waals surface area contributed by atoms with Crippen LogP contribution in [0.2, 0.25) is 0 Å². The topological polar surface area (TPSA) is 84.2 Å². The van der Waals surface area contributed by atoms with Gasteiger partial charge in [0.1, 0.15) is 0 Å². The van der Waals surface area contributed by atoms with Crippen molar-refractivity contribution in [1.82, 2.24) is 10.6 Å². The normalized spacial score (nSPS) is 9.61. The molecule has 1 aromatic rings. The van der Waals surface area contributed by atoms with Crippen LogP contribution in [0.25, 0.3) is 0 Å². The number of nitrogens with one attached hydrogen (secondary N) is 2. The first-order valence-electron chi connectivity index (χ1n) is 5.08. The molecule has 1 aromatic carbocycles. The van der Waals surface area contributed by atoms with E-state index in [0.29, 0.717) is 0 Å². The van der Waals surface area contributed by atoms with Gasteiger partial charge in [0.25, 0.3) is 0 Å². The number of carbonyl (C=O) groups is 2. The zero-order valence-electron chi connectivity index (χ0n) is 9.40. The van der Waals surface area contributed by atoms with Gasteiger partial charge in [-0.1, -0.05) is 46.3 Å². The van der Waals surface area contributed by atoms with Crippen LogP contribution >= 0.6 is 28.1 Å². The molecule has 0 aliphatic rings. The summed E-state index contributed by atoms with van der Waals surface area (Å²) in [5.74, 6) is -1.48. The molecular formula is C11H12BrN3O2S. The Morgan fingerprint density at radius 2 is 1.83 bits per heavy atom. The highest BCUT2D eigenvalue weighted by molar-refractivity contribution is 9.10. The number of nitrogens with two attached hydrogens (primary N) is 1. The SMILES string of the molecule is NC(=S)CNC(=O)C(=O)NCc1ccccc1Br. The van der Waals surface area contributed by atoms with Crippen LogP contribution in [0.5, 0.6) is 0 Å².